The van der Waals surface area contributed by atoms with Crippen molar-refractivity contribution in [1.82, 2.24) is 10.6 Å². The summed E-state index contributed by atoms with van der Waals surface area (Å²) in [7, 11) is 0. The first-order valence-corrected chi connectivity index (χ1v) is 5.96. The fourth-order valence-corrected chi connectivity index (χ4v) is 1.56. The van der Waals surface area contributed by atoms with E-state index in [1.807, 2.05) is 6.19 Å². The molecule has 17 heavy (non-hydrogen) atoms. The second-order valence-electron chi connectivity index (χ2n) is 3.94. The second-order valence-corrected chi connectivity index (χ2v) is 3.94. The number of allylic oxidation sites excluding steroid dienone is 2. The molecule has 0 saturated heterocycles. The van der Waals surface area contributed by atoms with E-state index in [-0.39, 0.29) is 5.78 Å². The molecule has 0 atom stereocenters. The monoisotopic (exact) mass is 234 g/mol. The molecular formula is C12H18N4O. The smallest absolute Gasteiger partial charge is 0.208 e. The third-order valence-electron chi connectivity index (χ3n) is 2.46. The topological polar surface area (TPSA) is 77.3 Å². The molecule has 2 N–H and O–H groups in total. The molecule has 1 aliphatic carbocycles. The molecule has 0 heterocycles. The molecule has 1 aliphatic rings. The Labute approximate surface area is 102 Å². The molecule has 0 spiro atoms. The van der Waals surface area contributed by atoms with Crippen LogP contribution in [0.15, 0.2) is 16.8 Å². The van der Waals surface area contributed by atoms with Gasteiger partial charge in [-0.05, 0) is 12.8 Å². The van der Waals surface area contributed by atoms with Crippen LogP contribution < -0.4 is 10.6 Å². The summed E-state index contributed by atoms with van der Waals surface area (Å²) in [4.78, 5) is 15.3. The van der Waals surface area contributed by atoms with Gasteiger partial charge in [0.1, 0.15) is 0 Å². The van der Waals surface area contributed by atoms with Crippen LogP contribution >= 0.6 is 0 Å². The van der Waals surface area contributed by atoms with Crippen molar-refractivity contribution in [2.24, 2.45) is 4.99 Å². The third-order valence-corrected chi connectivity index (χ3v) is 2.46. The minimum Gasteiger partial charge on any atom is -0.329 e. The normalized spacial score (nSPS) is 15.4. The number of nitrogens with zero attached hydrogens (tertiary/aromatic N) is 2. The van der Waals surface area contributed by atoms with Crippen molar-refractivity contribution in [2.75, 3.05) is 6.54 Å². The summed E-state index contributed by atoms with van der Waals surface area (Å²) in [6.07, 6.45) is 7.92. The Hall–Kier alpha value is -1.83. The van der Waals surface area contributed by atoms with Gasteiger partial charge in [-0.25, -0.2) is 0 Å². The van der Waals surface area contributed by atoms with Crippen molar-refractivity contribution >= 4 is 11.7 Å². The number of guanidine groups is 1. The Balaban J connectivity index is 2.45. The van der Waals surface area contributed by atoms with E-state index >= 15 is 0 Å². The second kappa shape index (κ2) is 7.44. The summed E-state index contributed by atoms with van der Waals surface area (Å²) in [5.74, 6) is 0.555. The largest absolute Gasteiger partial charge is 0.329 e. The van der Waals surface area contributed by atoms with E-state index in [1.54, 1.807) is 6.08 Å². The minimum absolute atomic E-state index is 0.120. The highest BCUT2D eigenvalue weighted by Gasteiger charge is 2.12. The van der Waals surface area contributed by atoms with Crippen LogP contribution in [0.1, 0.15) is 39.0 Å². The number of ketones is 1. The number of hydrogen-bond acceptors (Lipinski definition) is 3. The molecule has 0 aliphatic heterocycles. The quantitative estimate of drug-likeness (QED) is 0.248. The zero-order chi connectivity index (χ0) is 12.5. The molecule has 0 bridgehead atoms. The van der Waals surface area contributed by atoms with Gasteiger partial charge >= 0.3 is 0 Å². The lowest BCUT2D eigenvalue weighted by Crippen LogP contribution is -2.33. The van der Waals surface area contributed by atoms with Crippen molar-refractivity contribution in [3.8, 4) is 6.19 Å². The van der Waals surface area contributed by atoms with Crippen molar-refractivity contribution in [1.29, 1.82) is 5.26 Å². The maximum atomic E-state index is 11.1. The van der Waals surface area contributed by atoms with Gasteiger partial charge in [0.15, 0.2) is 12.0 Å². The lowest BCUT2D eigenvalue weighted by molar-refractivity contribution is -0.114. The first-order chi connectivity index (χ1) is 8.26. The zero-order valence-corrected chi connectivity index (χ0v) is 10.1. The van der Waals surface area contributed by atoms with Gasteiger partial charge in [-0.1, -0.05) is 19.8 Å². The first kappa shape index (κ1) is 13.2. The number of hydrogen-bond donors (Lipinski definition) is 2. The highest BCUT2D eigenvalue weighted by Crippen LogP contribution is 2.11. The number of carbonyl (C=O) groups excluding carboxylic acids is 1. The molecule has 0 fully saturated rings. The van der Waals surface area contributed by atoms with Gasteiger partial charge in [0, 0.05) is 24.7 Å². The summed E-state index contributed by atoms with van der Waals surface area (Å²) < 4.78 is 0. The summed E-state index contributed by atoms with van der Waals surface area (Å²) in [5.41, 5.74) is 0.826. The van der Waals surface area contributed by atoms with E-state index in [9.17, 15) is 4.79 Å². The fraction of sp³-hybridized carbons (Fsp3) is 0.583. The molecule has 0 saturated carbocycles. The molecule has 0 amide bonds. The number of carbonyl (C=O) groups is 1. The van der Waals surface area contributed by atoms with Gasteiger partial charge in [0.2, 0.25) is 5.96 Å². The maximum absolute atomic E-state index is 11.1. The molecule has 5 nitrogen and oxygen atoms in total. The Morgan fingerprint density at radius 1 is 1.53 bits per heavy atom. The van der Waals surface area contributed by atoms with Crippen molar-refractivity contribution in [2.45, 2.75) is 39.0 Å². The Morgan fingerprint density at radius 3 is 2.94 bits per heavy atom. The maximum Gasteiger partial charge on any atom is 0.208 e. The van der Waals surface area contributed by atoms with Crippen LogP contribution in [0.4, 0.5) is 0 Å². The molecule has 1 rings (SSSR count). The van der Waals surface area contributed by atoms with Crippen molar-refractivity contribution in [3.63, 3.8) is 0 Å². The van der Waals surface area contributed by atoms with Gasteiger partial charge in [0.05, 0.1) is 0 Å². The van der Waals surface area contributed by atoms with Crippen LogP contribution in [-0.2, 0) is 4.79 Å². The van der Waals surface area contributed by atoms with E-state index < -0.39 is 0 Å². The summed E-state index contributed by atoms with van der Waals surface area (Å²) in [6.45, 7) is 2.82. The van der Waals surface area contributed by atoms with Gasteiger partial charge in [-0.3, -0.25) is 15.1 Å². The minimum atomic E-state index is 0.120. The molecule has 0 radical (unpaired) electrons. The number of nitriles is 1. The standard InChI is InChI=1S/C12H18N4O/c1-2-3-4-7-14-12(15-9-13)16-10-5-6-11(17)8-10/h8H,2-7H2,1H3,(H2,14,15,16). The molecule has 0 aromatic rings. The number of aliphatic imine (C=N–C) groups is 1. The van der Waals surface area contributed by atoms with E-state index in [0.29, 0.717) is 25.3 Å². The van der Waals surface area contributed by atoms with Gasteiger partial charge in [-0.2, -0.15) is 5.26 Å². The summed E-state index contributed by atoms with van der Waals surface area (Å²) in [5, 5.41) is 14.1. The Bertz CT molecular complexity index is 365. The Kier molecular flexibility index (Phi) is 5.80. The van der Waals surface area contributed by atoms with Crippen LogP contribution in [0, 0.1) is 11.5 Å². The highest BCUT2D eigenvalue weighted by molar-refractivity contribution is 5.94. The average Bonchev–Trinajstić information content (AvgIpc) is 2.70. The zero-order valence-electron chi connectivity index (χ0n) is 10.1. The molecule has 5 heteroatoms. The molecular weight excluding hydrogens is 216 g/mol. The van der Waals surface area contributed by atoms with Gasteiger partial charge in [-0.15, -0.1) is 0 Å². The summed E-state index contributed by atoms with van der Waals surface area (Å²) >= 11 is 0. The highest BCUT2D eigenvalue weighted by atomic mass is 16.1. The SMILES string of the molecule is CCCCCN=C(NC#N)NC1=CC(=O)CC1. The van der Waals surface area contributed by atoms with Crippen LogP contribution in [0.3, 0.4) is 0 Å². The Morgan fingerprint density at radius 2 is 2.35 bits per heavy atom. The number of rotatable bonds is 5. The van der Waals surface area contributed by atoms with Crippen LogP contribution in [0.25, 0.3) is 0 Å². The molecule has 92 valence electrons. The van der Waals surface area contributed by atoms with E-state index in [2.05, 4.69) is 22.5 Å². The predicted molar refractivity (Wildman–Crippen MR) is 66.0 cm³/mol. The molecule has 0 aromatic carbocycles. The van der Waals surface area contributed by atoms with Crippen molar-refractivity contribution < 1.29 is 4.79 Å². The van der Waals surface area contributed by atoms with E-state index in [4.69, 9.17) is 5.26 Å². The van der Waals surface area contributed by atoms with Crippen molar-refractivity contribution in [3.05, 3.63) is 11.8 Å². The molecule has 0 unspecified atom stereocenters. The van der Waals surface area contributed by atoms with E-state index in [1.165, 1.54) is 0 Å². The van der Waals surface area contributed by atoms with Gasteiger partial charge in [0.25, 0.3) is 0 Å². The van der Waals surface area contributed by atoms with Crippen LogP contribution in [0.5, 0.6) is 0 Å². The average molecular weight is 234 g/mol. The van der Waals surface area contributed by atoms with Crippen LogP contribution in [0.2, 0.25) is 0 Å². The van der Waals surface area contributed by atoms with E-state index in [0.717, 1.165) is 25.0 Å². The number of nitrogens with one attached hydrogen (secondary N) is 2. The fourth-order valence-electron chi connectivity index (χ4n) is 1.56. The number of unbranched alkanes of at least 4 members (excludes halogenated alkanes) is 2. The molecule has 0 aromatic heterocycles. The lowest BCUT2D eigenvalue weighted by atomic mass is 10.2. The first-order valence-electron chi connectivity index (χ1n) is 5.96. The lowest BCUT2D eigenvalue weighted by Gasteiger charge is -2.07. The third kappa shape index (κ3) is 5.16. The van der Waals surface area contributed by atoms with Gasteiger partial charge < -0.3 is 5.32 Å². The summed E-state index contributed by atoms with van der Waals surface area (Å²) in [6, 6.07) is 0. The van der Waals surface area contributed by atoms with Crippen LogP contribution in [-0.4, -0.2) is 18.3 Å². The predicted octanol–water partition coefficient (Wildman–Crippen LogP) is 1.44.